The summed E-state index contributed by atoms with van der Waals surface area (Å²) in [5.41, 5.74) is 2.52. The van der Waals surface area contributed by atoms with Crippen molar-refractivity contribution in [3.05, 3.63) is 64.5 Å². The van der Waals surface area contributed by atoms with Crippen LogP contribution in [0.1, 0.15) is 0 Å². The van der Waals surface area contributed by atoms with E-state index in [0.29, 0.717) is 10.0 Å². The van der Waals surface area contributed by atoms with Crippen LogP contribution < -0.4 is 0 Å². The predicted octanol–water partition coefficient (Wildman–Crippen LogP) is 5.35. The third-order valence-corrected chi connectivity index (χ3v) is 3.43. The largest absolute Gasteiger partial charge is 0.256 e. The molecule has 0 radical (unpaired) electrons. The van der Waals surface area contributed by atoms with E-state index in [1.54, 1.807) is 30.5 Å². The molecule has 0 aliphatic heterocycles. The Labute approximate surface area is 119 Å². The van der Waals surface area contributed by atoms with Crippen LogP contribution in [0.15, 0.2) is 48.7 Å². The Morgan fingerprint density at radius 1 is 0.947 bits per heavy atom. The SMILES string of the molecule is Fc1ccc(-c2ccnc3cc(Cl)cc(Cl)c23)cc1. The highest BCUT2D eigenvalue weighted by molar-refractivity contribution is 6.39. The molecule has 0 aliphatic carbocycles. The lowest BCUT2D eigenvalue weighted by molar-refractivity contribution is 0.628. The van der Waals surface area contributed by atoms with Gasteiger partial charge in [0.15, 0.2) is 0 Å². The second kappa shape index (κ2) is 4.80. The van der Waals surface area contributed by atoms with Crippen LogP contribution in [0.3, 0.4) is 0 Å². The van der Waals surface area contributed by atoms with Gasteiger partial charge in [0.1, 0.15) is 5.82 Å². The Kier molecular flexibility index (Phi) is 3.13. The highest BCUT2D eigenvalue weighted by Crippen LogP contribution is 2.34. The maximum Gasteiger partial charge on any atom is 0.123 e. The van der Waals surface area contributed by atoms with E-state index in [-0.39, 0.29) is 5.82 Å². The van der Waals surface area contributed by atoms with Crippen molar-refractivity contribution in [1.82, 2.24) is 4.98 Å². The summed E-state index contributed by atoms with van der Waals surface area (Å²) in [5, 5.41) is 1.90. The van der Waals surface area contributed by atoms with Crippen LogP contribution in [0.5, 0.6) is 0 Å². The van der Waals surface area contributed by atoms with Crippen LogP contribution in [-0.4, -0.2) is 4.98 Å². The third-order valence-electron chi connectivity index (χ3n) is 2.91. The van der Waals surface area contributed by atoms with Crippen molar-refractivity contribution in [2.75, 3.05) is 0 Å². The van der Waals surface area contributed by atoms with Gasteiger partial charge in [0.05, 0.1) is 10.5 Å². The molecule has 2 aromatic carbocycles. The average Bonchev–Trinajstić information content (AvgIpc) is 2.38. The Balaban J connectivity index is 2.32. The number of fused-ring (bicyclic) bond motifs is 1. The first-order valence-corrected chi connectivity index (χ1v) is 6.40. The van der Waals surface area contributed by atoms with Gasteiger partial charge in [-0.15, -0.1) is 0 Å². The molecular formula is C15H8Cl2FN. The smallest absolute Gasteiger partial charge is 0.123 e. The van der Waals surface area contributed by atoms with Gasteiger partial charge in [0, 0.05) is 16.6 Å². The standard InChI is InChI=1S/C15H8Cl2FN/c16-10-7-13(17)15-12(5-6-19-14(15)8-10)9-1-3-11(18)4-2-9/h1-8H. The third kappa shape index (κ3) is 2.29. The molecule has 3 rings (SSSR count). The van der Waals surface area contributed by atoms with Crippen molar-refractivity contribution < 1.29 is 4.39 Å². The molecule has 19 heavy (non-hydrogen) atoms. The molecule has 0 saturated heterocycles. The van der Waals surface area contributed by atoms with Gasteiger partial charge in [-0.1, -0.05) is 35.3 Å². The molecule has 1 nitrogen and oxygen atoms in total. The van der Waals surface area contributed by atoms with Gasteiger partial charge in [-0.2, -0.15) is 0 Å². The molecule has 0 spiro atoms. The summed E-state index contributed by atoms with van der Waals surface area (Å²) < 4.78 is 13.0. The Hall–Kier alpha value is -1.64. The zero-order valence-electron chi connectivity index (χ0n) is 9.70. The average molecular weight is 292 g/mol. The first-order chi connectivity index (χ1) is 9.15. The van der Waals surface area contributed by atoms with E-state index in [4.69, 9.17) is 23.2 Å². The van der Waals surface area contributed by atoms with E-state index < -0.39 is 0 Å². The number of aromatic nitrogens is 1. The van der Waals surface area contributed by atoms with Gasteiger partial charge in [-0.05, 0) is 41.5 Å². The second-order valence-corrected chi connectivity index (χ2v) is 4.99. The summed E-state index contributed by atoms with van der Waals surface area (Å²) in [6.45, 7) is 0. The summed E-state index contributed by atoms with van der Waals surface area (Å²) in [6.07, 6.45) is 1.69. The zero-order valence-corrected chi connectivity index (χ0v) is 11.2. The van der Waals surface area contributed by atoms with E-state index in [2.05, 4.69) is 4.98 Å². The molecule has 4 heteroatoms. The van der Waals surface area contributed by atoms with Crippen LogP contribution in [0.4, 0.5) is 4.39 Å². The van der Waals surface area contributed by atoms with Crippen LogP contribution in [0.2, 0.25) is 10.0 Å². The Bertz CT molecular complexity index is 754. The summed E-state index contributed by atoms with van der Waals surface area (Å²) in [7, 11) is 0. The number of pyridine rings is 1. The highest BCUT2D eigenvalue weighted by Gasteiger charge is 2.09. The van der Waals surface area contributed by atoms with Gasteiger partial charge < -0.3 is 0 Å². The first kappa shape index (κ1) is 12.4. The van der Waals surface area contributed by atoms with Gasteiger partial charge in [-0.25, -0.2) is 4.39 Å². The van der Waals surface area contributed by atoms with E-state index in [9.17, 15) is 4.39 Å². The van der Waals surface area contributed by atoms with Crippen molar-refractivity contribution >= 4 is 34.1 Å². The summed E-state index contributed by atoms with van der Waals surface area (Å²) in [5.74, 6) is -0.267. The molecule has 0 saturated carbocycles. The van der Waals surface area contributed by atoms with Crippen molar-refractivity contribution in [2.45, 2.75) is 0 Å². The maximum absolute atomic E-state index is 13.0. The van der Waals surface area contributed by atoms with Crippen LogP contribution in [0, 0.1) is 5.82 Å². The lowest BCUT2D eigenvalue weighted by Crippen LogP contribution is -1.86. The normalized spacial score (nSPS) is 10.9. The maximum atomic E-state index is 13.0. The molecule has 0 atom stereocenters. The molecule has 0 aliphatic rings. The van der Waals surface area contributed by atoms with Crippen molar-refractivity contribution in [3.63, 3.8) is 0 Å². The number of hydrogen-bond donors (Lipinski definition) is 0. The molecular weight excluding hydrogens is 284 g/mol. The van der Waals surface area contributed by atoms with E-state index >= 15 is 0 Å². The van der Waals surface area contributed by atoms with Gasteiger partial charge in [0.25, 0.3) is 0 Å². The zero-order chi connectivity index (χ0) is 13.4. The minimum atomic E-state index is -0.267. The molecule has 94 valence electrons. The molecule has 3 aromatic rings. The van der Waals surface area contributed by atoms with Crippen LogP contribution >= 0.6 is 23.2 Å². The first-order valence-electron chi connectivity index (χ1n) is 5.65. The number of rotatable bonds is 1. The van der Waals surface area contributed by atoms with Crippen LogP contribution in [-0.2, 0) is 0 Å². The topological polar surface area (TPSA) is 12.9 Å². The van der Waals surface area contributed by atoms with Crippen molar-refractivity contribution in [1.29, 1.82) is 0 Å². The van der Waals surface area contributed by atoms with E-state index in [1.165, 1.54) is 12.1 Å². The highest BCUT2D eigenvalue weighted by atomic mass is 35.5. The van der Waals surface area contributed by atoms with Crippen molar-refractivity contribution in [3.8, 4) is 11.1 Å². The van der Waals surface area contributed by atoms with E-state index in [0.717, 1.165) is 22.0 Å². The molecule has 1 aromatic heterocycles. The molecule has 0 bridgehead atoms. The predicted molar refractivity (Wildman–Crippen MR) is 77.2 cm³/mol. The molecule has 0 unspecified atom stereocenters. The fourth-order valence-electron chi connectivity index (χ4n) is 2.07. The van der Waals surface area contributed by atoms with Crippen molar-refractivity contribution in [2.24, 2.45) is 0 Å². The number of halogens is 3. The minimum Gasteiger partial charge on any atom is -0.256 e. The van der Waals surface area contributed by atoms with Gasteiger partial charge in [-0.3, -0.25) is 4.98 Å². The Morgan fingerprint density at radius 2 is 1.68 bits per heavy atom. The fourth-order valence-corrected chi connectivity index (χ4v) is 2.66. The minimum absolute atomic E-state index is 0.267. The molecule has 0 N–H and O–H groups in total. The monoisotopic (exact) mass is 291 g/mol. The quantitative estimate of drug-likeness (QED) is 0.589. The van der Waals surface area contributed by atoms with Gasteiger partial charge in [0.2, 0.25) is 0 Å². The number of benzene rings is 2. The number of hydrogen-bond acceptors (Lipinski definition) is 1. The molecule has 0 fully saturated rings. The van der Waals surface area contributed by atoms with E-state index in [1.807, 2.05) is 6.07 Å². The molecule has 1 heterocycles. The molecule has 0 amide bonds. The summed E-state index contributed by atoms with van der Waals surface area (Å²) >= 11 is 12.2. The summed E-state index contributed by atoms with van der Waals surface area (Å²) in [6, 6.07) is 11.6. The second-order valence-electron chi connectivity index (χ2n) is 4.15. The van der Waals surface area contributed by atoms with Gasteiger partial charge >= 0.3 is 0 Å². The lowest BCUT2D eigenvalue weighted by atomic mass is 10.0. The summed E-state index contributed by atoms with van der Waals surface area (Å²) in [4.78, 5) is 4.26. The Morgan fingerprint density at radius 3 is 2.42 bits per heavy atom. The lowest BCUT2D eigenvalue weighted by Gasteiger charge is -2.08. The fraction of sp³-hybridized carbons (Fsp3) is 0. The number of nitrogens with zero attached hydrogens (tertiary/aromatic N) is 1. The van der Waals surface area contributed by atoms with Crippen LogP contribution in [0.25, 0.3) is 22.0 Å².